The predicted molar refractivity (Wildman–Crippen MR) is 62.6 cm³/mol. The van der Waals surface area contributed by atoms with Gasteiger partial charge in [-0.25, -0.2) is 0 Å². The molecule has 3 N–H and O–H groups in total. The van der Waals surface area contributed by atoms with Crippen molar-refractivity contribution in [1.29, 1.82) is 0 Å². The van der Waals surface area contributed by atoms with E-state index in [1.165, 1.54) is 0 Å². The number of benzene rings is 1. The largest absolute Gasteiger partial charge is 0.495 e. The molecule has 15 heavy (non-hydrogen) atoms. The van der Waals surface area contributed by atoms with Gasteiger partial charge in [0.05, 0.1) is 12.1 Å². The van der Waals surface area contributed by atoms with Crippen LogP contribution in [0.4, 0.5) is 5.69 Å². The number of ether oxygens (including phenoxy) is 1. The average Bonchev–Trinajstić information content (AvgIpc) is 2.18. The lowest BCUT2D eigenvalue weighted by Crippen LogP contribution is -2.44. The van der Waals surface area contributed by atoms with Crippen LogP contribution in [0.15, 0.2) is 18.2 Å². The van der Waals surface area contributed by atoms with Gasteiger partial charge in [-0.05, 0) is 25.0 Å². The molecule has 0 unspecified atom stereocenters. The Morgan fingerprint density at radius 3 is 2.80 bits per heavy atom. The fourth-order valence-corrected chi connectivity index (χ4v) is 1.96. The number of nitrogens with two attached hydrogens (primary N) is 1. The SMILES string of the molecule is COc1cc(NC2CC(N)C2)ccc1Cl. The van der Waals surface area contributed by atoms with E-state index in [1.807, 2.05) is 18.2 Å². The Morgan fingerprint density at radius 1 is 1.47 bits per heavy atom. The zero-order chi connectivity index (χ0) is 10.8. The van der Waals surface area contributed by atoms with Gasteiger partial charge in [0.25, 0.3) is 0 Å². The maximum Gasteiger partial charge on any atom is 0.139 e. The van der Waals surface area contributed by atoms with Crippen molar-refractivity contribution in [2.45, 2.75) is 24.9 Å². The van der Waals surface area contributed by atoms with Crippen molar-refractivity contribution >= 4 is 17.3 Å². The van der Waals surface area contributed by atoms with Crippen LogP contribution in [0.1, 0.15) is 12.8 Å². The maximum absolute atomic E-state index is 5.93. The summed E-state index contributed by atoms with van der Waals surface area (Å²) in [6.45, 7) is 0. The first kappa shape index (κ1) is 10.6. The Hall–Kier alpha value is -0.930. The Morgan fingerprint density at radius 2 is 2.20 bits per heavy atom. The van der Waals surface area contributed by atoms with E-state index in [-0.39, 0.29) is 0 Å². The highest BCUT2D eigenvalue weighted by molar-refractivity contribution is 6.32. The fraction of sp³-hybridized carbons (Fsp3) is 0.455. The minimum Gasteiger partial charge on any atom is -0.495 e. The Balaban J connectivity index is 2.02. The van der Waals surface area contributed by atoms with Crippen molar-refractivity contribution < 1.29 is 4.74 Å². The second kappa shape index (κ2) is 4.29. The molecule has 1 aromatic carbocycles. The fourth-order valence-electron chi connectivity index (χ4n) is 1.76. The Kier molecular flexibility index (Phi) is 3.03. The molecule has 0 heterocycles. The normalized spacial score (nSPS) is 24.5. The quantitative estimate of drug-likeness (QED) is 0.831. The van der Waals surface area contributed by atoms with Gasteiger partial charge in [0.2, 0.25) is 0 Å². The number of anilines is 1. The summed E-state index contributed by atoms with van der Waals surface area (Å²) in [4.78, 5) is 0. The highest BCUT2D eigenvalue weighted by Crippen LogP contribution is 2.29. The highest BCUT2D eigenvalue weighted by atomic mass is 35.5. The summed E-state index contributed by atoms with van der Waals surface area (Å²) in [5, 5.41) is 4.02. The molecule has 3 nitrogen and oxygen atoms in total. The van der Waals surface area contributed by atoms with Gasteiger partial charge in [0, 0.05) is 23.8 Å². The molecule has 1 aliphatic rings. The smallest absolute Gasteiger partial charge is 0.139 e. The van der Waals surface area contributed by atoms with Crippen LogP contribution in [0.3, 0.4) is 0 Å². The average molecular weight is 227 g/mol. The summed E-state index contributed by atoms with van der Waals surface area (Å²) in [5.74, 6) is 0.699. The van der Waals surface area contributed by atoms with E-state index >= 15 is 0 Å². The highest BCUT2D eigenvalue weighted by Gasteiger charge is 2.25. The van der Waals surface area contributed by atoms with Crippen molar-refractivity contribution in [2.75, 3.05) is 12.4 Å². The third kappa shape index (κ3) is 2.36. The third-order valence-electron chi connectivity index (χ3n) is 2.70. The molecule has 0 aliphatic heterocycles. The van der Waals surface area contributed by atoms with Crippen LogP contribution < -0.4 is 15.8 Å². The third-order valence-corrected chi connectivity index (χ3v) is 3.01. The molecular formula is C11H15ClN2O. The summed E-state index contributed by atoms with van der Waals surface area (Å²) in [6.07, 6.45) is 2.07. The summed E-state index contributed by atoms with van der Waals surface area (Å²) < 4.78 is 5.14. The van der Waals surface area contributed by atoms with Gasteiger partial charge in [-0.2, -0.15) is 0 Å². The zero-order valence-electron chi connectivity index (χ0n) is 8.66. The first-order chi connectivity index (χ1) is 7.19. The summed E-state index contributed by atoms with van der Waals surface area (Å²) in [6, 6.07) is 6.55. The monoisotopic (exact) mass is 226 g/mol. The van der Waals surface area contributed by atoms with E-state index in [0.29, 0.717) is 22.9 Å². The molecule has 1 aliphatic carbocycles. The Labute approximate surface area is 94.6 Å². The molecule has 0 saturated heterocycles. The standard InChI is InChI=1S/C11H15ClN2O/c1-15-11-6-8(2-3-10(11)12)14-9-4-7(13)5-9/h2-3,6-7,9,14H,4-5,13H2,1H3. The van der Waals surface area contributed by atoms with Crippen molar-refractivity contribution in [3.8, 4) is 5.75 Å². The summed E-state index contributed by atoms with van der Waals surface area (Å²) in [7, 11) is 1.62. The molecule has 2 rings (SSSR count). The topological polar surface area (TPSA) is 47.3 Å². The van der Waals surface area contributed by atoms with Crippen molar-refractivity contribution in [3.05, 3.63) is 23.2 Å². The lowest BCUT2D eigenvalue weighted by atomic mass is 9.87. The molecule has 0 spiro atoms. The number of hydrogen-bond donors (Lipinski definition) is 2. The van der Waals surface area contributed by atoms with Crippen molar-refractivity contribution in [1.82, 2.24) is 0 Å². The molecule has 0 bridgehead atoms. The molecular weight excluding hydrogens is 212 g/mol. The van der Waals surface area contributed by atoms with Gasteiger partial charge >= 0.3 is 0 Å². The van der Waals surface area contributed by atoms with Gasteiger partial charge in [-0.3, -0.25) is 0 Å². The molecule has 1 aromatic rings. The van der Waals surface area contributed by atoms with E-state index in [9.17, 15) is 0 Å². The maximum atomic E-state index is 5.93. The molecule has 82 valence electrons. The lowest BCUT2D eigenvalue weighted by Gasteiger charge is -2.33. The van der Waals surface area contributed by atoms with Crippen LogP contribution in [-0.4, -0.2) is 19.2 Å². The van der Waals surface area contributed by atoms with E-state index in [1.54, 1.807) is 7.11 Å². The van der Waals surface area contributed by atoms with E-state index < -0.39 is 0 Å². The van der Waals surface area contributed by atoms with Crippen LogP contribution in [0, 0.1) is 0 Å². The molecule has 4 heteroatoms. The van der Waals surface area contributed by atoms with Gasteiger partial charge in [-0.15, -0.1) is 0 Å². The first-order valence-electron chi connectivity index (χ1n) is 5.04. The van der Waals surface area contributed by atoms with E-state index in [2.05, 4.69) is 5.32 Å². The van der Waals surface area contributed by atoms with Crippen molar-refractivity contribution in [2.24, 2.45) is 5.73 Å². The molecule has 0 radical (unpaired) electrons. The lowest BCUT2D eigenvalue weighted by molar-refractivity contribution is 0.373. The molecule has 1 fully saturated rings. The van der Waals surface area contributed by atoms with Gasteiger partial charge in [-0.1, -0.05) is 11.6 Å². The van der Waals surface area contributed by atoms with E-state index in [4.69, 9.17) is 22.1 Å². The van der Waals surface area contributed by atoms with Crippen LogP contribution >= 0.6 is 11.6 Å². The van der Waals surface area contributed by atoms with Crippen molar-refractivity contribution in [3.63, 3.8) is 0 Å². The second-order valence-corrected chi connectivity index (χ2v) is 4.33. The number of hydrogen-bond acceptors (Lipinski definition) is 3. The van der Waals surface area contributed by atoms with Gasteiger partial charge < -0.3 is 15.8 Å². The van der Waals surface area contributed by atoms with Crippen LogP contribution in [0.2, 0.25) is 5.02 Å². The number of nitrogens with one attached hydrogen (secondary N) is 1. The minimum atomic E-state index is 0.358. The molecule has 1 saturated carbocycles. The van der Waals surface area contributed by atoms with Gasteiger partial charge in [0.1, 0.15) is 5.75 Å². The molecule has 0 atom stereocenters. The zero-order valence-corrected chi connectivity index (χ0v) is 9.42. The van der Waals surface area contributed by atoms with Crippen LogP contribution in [0.25, 0.3) is 0 Å². The molecule has 0 aromatic heterocycles. The second-order valence-electron chi connectivity index (χ2n) is 3.92. The summed E-state index contributed by atoms with van der Waals surface area (Å²) in [5.41, 5.74) is 6.75. The Bertz CT molecular complexity index is 350. The molecule has 0 amide bonds. The van der Waals surface area contributed by atoms with Crippen LogP contribution in [0.5, 0.6) is 5.75 Å². The van der Waals surface area contributed by atoms with E-state index in [0.717, 1.165) is 18.5 Å². The summed E-state index contributed by atoms with van der Waals surface area (Å²) >= 11 is 5.93. The minimum absolute atomic E-state index is 0.358. The number of halogens is 1. The predicted octanol–water partition coefficient (Wildman–Crippen LogP) is 2.25. The van der Waals surface area contributed by atoms with Gasteiger partial charge in [0.15, 0.2) is 0 Å². The number of rotatable bonds is 3. The first-order valence-corrected chi connectivity index (χ1v) is 5.42. The number of methoxy groups -OCH3 is 1. The van der Waals surface area contributed by atoms with Crippen LogP contribution in [-0.2, 0) is 0 Å².